The normalized spacial score (nSPS) is 10.0. The van der Waals surface area contributed by atoms with Crippen LogP contribution >= 0.6 is 0 Å². The van der Waals surface area contributed by atoms with Gasteiger partial charge in [0, 0.05) is 0 Å². The smallest absolute Gasteiger partial charge is 0.217 e. The van der Waals surface area contributed by atoms with Gasteiger partial charge in [0.15, 0.2) is 11.6 Å². The van der Waals surface area contributed by atoms with Gasteiger partial charge in [-0.2, -0.15) is 5.12 Å². The van der Waals surface area contributed by atoms with Crippen LogP contribution in [0.1, 0.15) is 5.56 Å². The Bertz CT molecular complexity index is 370. The highest BCUT2D eigenvalue weighted by atomic mass is 19.2. The number of phenolic OH excluding ortho intramolecular Hbond substituents is 1. The first kappa shape index (κ1) is 11.2. The Morgan fingerprint density at radius 2 is 2.20 bits per heavy atom. The van der Waals surface area contributed by atoms with Gasteiger partial charge in [0.05, 0.1) is 6.54 Å². The van der Waals surface area contributed by atoms with Crippen molar-refractivity contribution in [2.45, 2.75) is 6.42 Å². The van der Waals surface area contributed by atoms with E-state index in [4.69, 9.17) is 16.2 Å². The van der Waals surface area contributed by atoms with Gasteiger partial charge in [-0.15, -0.1) is 0 Å². The van der Waals surface area contributed by atoms with Crippen LogP contribution in [0.5, 0.6) is 5.75 Å². The fraction of sp³-hybridized carbons (Fsp3) is 0.222. The van der Waals surface area contributed by atoms with Gasteiger partial charge >= 0.3 is 0 Å². The van der Waals surface area contributed by atoms with E-state index < -0.39 is 17.5 Å². The van der Waals surface area contributed by atoms with Crippen molar-refractivity contribution in [1.29, 1.82) is 5.41 Å². The molecule has 15 heavy (non-hydrogen) atoms. The molecule has 0 atom stereocenters. The molecule has 0 aliphatic carbocycles. The minimum atomic E-state index is -0.720. The van der Waals surface area contributed by atoms with Crippen LogP contribution in [-0.2, 0) is 6.42 Å². The number of phenols is 1. The maximum atomic E-state index is 12.7. The van der Waals surface area contributed by atoms with Crippen molar-refractivity contribution in [3.63, 3.8) is 0 Å². The first-order valence-corrected chi connectivity index (χ1v) is 4.25. The molecule has 1 aromatic rings. The molecule has 0 saturated heterocycles. The van der Waals surface area contributed by atoms with E-state index in [1.165, 1.54) is 12.1 Å². The number of halogens is 2. The number of nitrogens with two attached hydrogens (primary N) is 1. The monoisotopic (exact) mass is 215 g/mol. The Labute approximate surface area is 85.4 Å². The van der Waals surface area contributed by atoms with E-state index in [0.29, 0.717) is 5.56 Å². The number of rotatable bonds is 3. The lowest BCUT2D eigenvalue weighted by atomic mass is 10.1. The van der Waals surface area contributed by atoms with Crippen molar-refractivity contribution in [1.82, 2.24) is 5.12 Å². The second-order valence-corrected chi connectivity index (χ2v) is 3.01. The second kappa shape index (κ2) is 4.59. The highest BCUT2D eigenvalue weighted by Crippen LogP contribution is 2.17. The minimum Gasteiger partial charge on any atom is -0.505 e. The summed E-state index contributed by atoms with van der Waals surface area (Å²) in [5.74, 6) is -1.87. The Hall–Kier alpha value is -1.85. The van der Waals surface area contributed by atoms with Crippen LogP contribution < -0.4 is 5.73 Å². The lowest BCUT2D eigenvalue weighted by Crippen LogP contribution is -2.31. The molecular weight excluding hydrogens is 204 g/mol. The minimum absolute atomic E-state index is 0.0698. The molecular formula is C9H11F2N3O. The first-order valence-electron chi connectivity index (χ1n) is 4.25. The third kappa shape index (κ3) is 3.08. The van der Waals surface area contributed by atoms with Gasteiger partial charge in [0.2, 0.25) is 5.96 Å². The van der Waals surface area contributed by atoms with Crippen molar-refractivity contribution in [3.8, 4) is 5.75 Å². The molecule has 0 aliphatic heterocycles. The summed E-state index contributed by atoms with van der Waals surface area (Å²) in [7, 11) is 0. The number of hydrogen-bond donors (Lipinski definition) is 3. The van der Waals surface area contributed by atoms with Gasteiger partial charge in [0.25, 0.3) is 0 Å². The fourth-order valence-corrected chi connectivity index (χ4v) is 1.06. The predicted octanol–water partition coefficient (Wildman–Crippen LogP) is 1.15. The third-order valence-electron chi connectivity index (χ3n) is 1.87. The molecule has 0 aromatic heterocycles. The SMILES string of the molecule is N=C(N)N(F)CCc1ccc(F)c(O)c1. The van der Waals surface area contributed by atoms with E-state index in [1.54, 1.807) is 0 Å². The Morgan fingerprint density at radius 3 is 2.73 bits per heavy atom. The van der Waals surface area contributed by atoms with Crippen molar-refractivity contribution in [2.24, 2.45) is 5.73 Å². The van der Waals surface area contributed by atoms with Gasteiger partial charge < -0.3 is 10.8 Å². The molecule has 6 heteroatoms. The topological polar surface area (TPSA) is 73.3 Å². The summed E-state index contributed by atoms with van der Waals surface area (Å²) in [5, 5.41) is 15.9. The predicted molar refractivity (Wildman–Crippen MR) is 51.5 cm³/mol. The third-order valence-corrected chi connectivity index (χ3v) is 1.87. The number of nitrogens with one attached hydrogen (secondary N) is 1. The van der Waals surface area contributed by atoms with Crippen LogP contribution in [0.15, 0.2) is 18.2 Å². The molecule has 0 heterocycles. The molecule has 0 amide bonds. The molecule has 0 aliphatic rings. The summed E-state index contributed by atoms with van der Waals surface area (Å²) >= 11 is 0. The number of guanidine groups is 1. The van der Waals surface area contributed by atoms with Gasteiger partial charge in [-0.05, 0) is 24.1 Å². The van der Waals surface area contributed by atoms with Gasteiger partial charge in [-0.3, -0.25) is 5.41 Å². The van der Waals surface area contributed by atoms with Gasteiger partial charge in [0.1, 0.15) is 0 Å². The second-order valence-electron chi connectivity index (χ2n) is 3.01. The lowest BCUT2D eigenvalue weighted by Gasteiger charge is -2.10. The molecule has 0 bridgehead atoms. The molecule has 0 saturated carbocycles. The molecule has 1 aromatic carbocycles. The molecule has 0 spiro atoms. The van der Waals surface area contributed by atoms with Crippen molar-refractivity contribution >= 4 is 5.96 Å². The molecule has 1 rings (SSSR count). The van der Waals surface area contributed by atoms with E-state index >= 15 is 0 Å². The van der Waals surface area contributed by atoms with Gasteiger partial charge in [-0.25, -0.2) is 4.39 Å². The number of benzene rings is 1. The maximum Gasteiger partial charge on any atom is 0.217 e. The van der Waals surface area contributed by atoms with Crippen LogP contribution in [0, 0.1) is 11.2 Å². The number of nitrogens with zero attached hydrogens (tertiary/aromatic N) is 1. The van der Waals surface area contributed by atoms with E-state index in [2.05, 4.69) is 0 Å². The molecule has 0 unspecified atom stereocenters. The van der Waals surface area contributed by atoms with E-state index in [-0.39, 0.29) is 18.1 Å². The zero-order valence-electron chi connectivity index (χ0n) is 7.87. The van der Waals surface area contributed by atoms with E-state index in [1.807, 2.05) is 0 Å². The van der Waals surface area contributed by atoms with Crippen LogP contribution in [-0.4, -0.2) is 22.7 Å². The Morgan fingerprint density at radius 1 is 1.53 bits per heavy atom. The molecule has 0 fully saturated rings. The summed E-state index contributed by atoms with van der Waals surface area (Å²) in [6.45, 7) is -0.111. The summed E-state index contributed by atoms with van der Waals surface area (Å²) in [6.07, 6.45) is 0.226. The Balaban J connectivity index is 2.58. The summed E-state index contributed by atoms with van der Waals surface area (Å²) in [4.78, 5) is 0. The molecule has 82 valence electrons. The standard InChI is InChI=1S/C9H11F2N3O/c10-7-2-1-6(5-8(7)15)3-4-14(11)9(12)13/h1-2,5,15H,3-4H2,(H3,12,13). The van der Waals surface area contributed by atoms with Crippen LogP contribution in [0.3, 0.4) is 0 Å². The Kier molecular flexibility index (Phi) is 3.43. The van der Waals surface area contributed by atoms with Crippen LogP contribution in [0.2, 0.25) is 0 Å². The molecule has 0 radical (unpaired) electrons. The summed E-state index contributed by atoms with van der Waals surface area (Å²) < 4.78 is 25.4. The lowest BCUT2D eigenvalue weighted by molar-refractivity contribution is 0.119. The highest BCUT2D eigenvalue weighted by molar-refractivity contribution is 5.73. The average molecular weight is 215 g/mol. The maximum absolute atomic E-state index is 12.7. The number of aromatic hydroxyl groups is 1. The summed E-state index contributed by atoms with van der Waals surface area (Å²) in [6, 6.07) is 3.74. The summed E-state index contributed by atoms with van der Waals surface area (Å²) in [5.41, 5.74) is 5.45. The average Bonchev–Trinajstić information content (AvgIpc) is 2.19. The van der Waals surface area contributed by atoms with Crippen molar-refractivity contribution in [3.05, 3.63) is 29.6 Å². The number of hydrogen-bond acceptors (Lipinski definition) is 2. The van der Waals surface area contributed by atoms with E-state index in [9.17, 15) is 8.87 Å². The van der Waals surface area contributed by atoms with Crippen LogP contribution in [0.25, 0.3) is 0 Å². The molecule has 4 nitrogen and oxygen atoms in total. The molecule has 4 N–H and O–H groups in total. The zero-order valence-corrected chi connectivity index (χ0v) is 7.87. The van der Waals surface area contributed by atoms with E-state index in [0.717, 1.165) is 6.07 Å². The van der Waals surface area contributed by atoms with Crippen molar-refractivity contribution in [2.75, 3.05) is 6.54 Å². The van der Waals surface area contributed by atoms with Gasteiger partial charge in [-0.1, -0.05) is 10.5 Å². The highest BCUT2D eigenvalue weighted by Gasteiger charge is 2.06. The van der Waals surface area contributed by atoms with Crippen molar-refractivity contribution < 1.29 is 14.0 Å². The zero-order chi connectivity index (χ0) is 11.4. The fourth-order valence-electron chi connectivity index (χ4n) is 1.06. The largest absolute Gasteiger partial charge is 0.505 e. The van der Waals surface area contributed by atoms with Crippen LogP contribution in [0.4, 0.5) is 8.87 Å². The first-order chi connectivity index (χ1) is 7.00. The quantitative estimate of drug-likeness (QED) is 0.402.